The van der Waals surface area contributed by atoms with Crippen LogP contribution in [0.25, 0.3) is 10.8 Å². The molecule has 1 atom stereocenters. The van der Waals surface area contributed by atoms with Crippen LogP contribution in [-0.2, 0) is 11.3 Å². The van der Waals surface area contributed by atoms with E-state index in [4.69, 9.17) is 16.3 Å². The van der Waals surface area contributed by atoms with Crippen molar-refractivity contribution >= 4 is 34.1 Å². The number of rotatable bonds is 2. The Bertz CT molecular complexity index is 1150. The fraction of sp³-hybridized carbons (Fsp3) is 0.158. The molecule has 3 N–H and O–H groups in total. The number of fused-ring (bicyclic) bond motifs is 3. The molecule has 2 heterocycles. The number of anilines is 1. The third-order valence-electron chi connectivity index (χ3n) is 4.47. The summed E-state index contributed by atoms with van der Waals surface area (Å²) in [6.45, 7) is 0.342. The second-order valence-corrected chi connectivity index (χ2v) is 6.74. The molecule has 1 aromatic heterocycles. The van der Waals surface area contributed by atoms with E-state index in [0.717, 1.165) is 12.1 Å². The number of urea groups is 1. The Morgan fingerprint density at radius 2 is 2.00 bits per heavy atom. The van der Waals surface area contributed by atoms with Crippen LogP contribution in [0.3, 0.4) is 0 Å². The summed E-state index contributed by atoms with van der Waals surface area (Å²) < 4.78 is 32.3. The lowest BCUT2D eigenvalue weighted by Crippen LogP contribution is -2.38. The number of carbonyl (C=O) groups excluding carboxylic acids is 1. The topological polar surface area (TPSA) is 83.2 Å². The molecule has 0 fully saturated rings. The lowest BCUT2D eigenvalue weighted by atomic mass is 9.96. The van der Waals surface area contributed by atoms with Crippen molar-refractivity contribution in [3.63, 3.8) is 0 Å². The zero-order valence-corrected chi connectivity index (χ0v) is 15.1. The van der Waals surface area contributed by atoms with Gasteiger partial charge in [-0.25, -0.2) is 13.6 Å². The molecular formula is C19H14ClF2N3O3. The molecule has 0 saturated heterocycles. The molecular weight excluding hydrogens is 392 g/mol. The van der Waals surface area contributed by atoms with Gasteiger partial charge in [0.2, 0.25) is 0 Å². The number of H-pyrrole nitrogens is 1. The van der Waals surface area contributed by atoms with Crippen LogP contribution in [-0.4, -0.2) is 17.6 Å². The van der Waals surface area contributed by atoms with E-state index in [1.165, 1.54) is 24.3 Å². The standard InChI is InChI=1S/C19H14ClF2N3O3/c20-13-6-10(2-4-14(13)22)23-19(27)25-16-8-28-7-15-17(16)11-3-1-9(21)5-12(11)18(26)24-15/h1-6,16H,7-8H2,(H,24,26)(H2,23,25,27). The van der Waals surface area contributed by atoms with Crippen LogP contribution >= 0.6 is 11.6 Å². The summed E-state index contributed by atoms with van der Waals surface area (Å²) in [6, 6.07) is 6.59. The Balaban J connectivity index is 1.65. The van der Waals surface area contributed by atoms with E-state index >= 15 is 0 Å². The number of carbonyl (C=O) groups is 1. The number of hydrogen-bond donors (Lipinski definition) is 3. The number of amides is 2. The lowest BCUT2D eigenvalue weighted by Gasteiger charge is -2.27. The summed E-state index contributed by atoms with van der Waals surface area (Å²) in [4.78, 5) is 27.3. The molecule has 4 rings (SSSR count). The first kappa shape index (κ1) is 18.4. The zero-order chi connectivity index (χ0) is 19.8. The fourth-order valence-corrected chi connectivity index (χ4v) is 3.44. The molecule has 0 bridgehead atoms. The smallest absolute Gasteiger partial charge is 0.319 e. The molecule has 2 amide bonds. The molecule has 6 nitrogen and oxygen atoms in total. The van der Waals surface area contributed by atoms with E-state index < -0.39 is 29.3 Å². The van der Waals surface area contributed by atoms with Crippen LogP contribution in [0.5, 0.6) is 0 Å². The summed E-state index contributed by atoms with van der Waals surface area (Å²) in [5, 5.41) is 5.94. The highest BCUT2D eigenvalue weighted by molar-refractivity contribution is 6.31. The van der Waals surface area contributed by atoms with Crippen molar-refractivity contribution in [1.29, 1.82) is 0 Å². The van der Waals surface area contributed by atoms with Crippen LogP contribution < -0.4 is 16.2 Å². The second-order valence-electron chi connectivity index (χ2n) is 6.33. The van der Waals surface area contributed by atoms with Crippen LogP contribution in [0.15, 0.2) is 41.2 Å². The van der Waals surface area contributed by atoms with Gasteiger partial charge in [-0.05, 0) is 35.7 Å². The molecule has 0 spiro atoms. The molecule has 0 aliphatic carbocycles. The van der Waals surface area contributed by atoms with Crippen molar-refractivity contribution in [1.82, 2.24) is 10.3 Å². The Hall–Kier alpha value is -2.97. The zero-order valence-electron chi connectivity index (χ0n) is 14.3. The number of aromatic amines is 1. The number of pyridine rings is 1. The number of hydrogen-bond acceptors (Lipinski definition) is 3. The summed E-state index contributed by atoms with van der Waals surface area (Å²) in [5.74, 6) is -1.12. The highest BCUT2D eigenvalue weighted by Gasteiger charge is 2.26. The van der Waals surface area contributed by atoms with Gasteiger partial charge in [-0.3, -0.25) is 4.79 Å². The molecule has 144 valence electrons. The van der Waals surface area contributed by atoms with Gasteiger partial charge in [-0.15, -0.1) is 0 Å². The minimum absolute atomic E-state index is 0.116. The Morgan fingerprint density at radius 3 is 2.79 bits per heavy atom. The molecule has 1 unspecified atom stereocenters. The van der Waals surface area contributed by atoms with Gasteiger partial charge in [0, 0.05) is 16.9 Å². The van der Waals surface area contributed by atoms with Crippen molar-refractivity contribution < 1.29 is 18.3 Å². The van der Waals surface area contributed by atoms with Crippen molar-refractivity contribution in [3.05, 3.63) is 74.7 Å². The third-order valence-corrected chi connectivity index (χ3v) is 4.76. The van der Waals surface area contributed by atoms with Gasteiger partial charge >= 0.3 is 6.03 Å². The first-order chi connectivity index (χ1) is 13.4. The molecule has 28 heavy (non-hydrogen) atoms. The summed E-state index contributed by atoms with van der Waals surface area (Å²) >= 11 is 5.72. The second kappa shape index (κ2) is 7.21. The van der Waals surface area contributed by atoms with Gasteiger partial charge in [0.25, 0.3) is 5.56 Å². The van der Waals surface area contributed by atoms with E-state index in [0.29, 0.717) is 22.3 Å². The fourth-order valence-electron chi connectivity index (χ4n) is 3.26. The van der Waals surface area contributed by atoms with Crippen molar-refractivity contribution in [2.75, 3.05) is 11.9 Å². The van der Waals surface area contributed by atoms with Gasteiger partial charge < -0.3 is 20.4 Å². The monoisotopic (exact) mass is 405 g/mol. The van der Waals surface area contributed by atoms with Gasteiger partial charge in [-0.2, -0.15) is 0 Å². The van der Waals surface area contributed by atoms with Crippen LogP contribution in [0.2, 0.25) is 5.02 Å². The SMILES string of the molecule is O=C(Nc1ccc(F)c(Cl)c1)NC1COCc2[nH]c(=O)c3cc(F)ccc3c21. The summed E-state index contributed by atoms with van der Waals surface area (Å²) in [7, 11) is 0. The number of ether oxygens (including phenoxy) is 1. The van der Waals surface area contributed by atoms with Gasteiger partial charge in [0.15, 0.2) is 0 Å². The highest BCUT2D eigenvalue weighted by atomic mass is 35.5. The first-order valence-electron chi connectivity index (χ1n) is 8.37. The van der Waals surface area contributed by atoms with Gasteiger partial charge in [-0.1, -0.05) is 17.7 Å². The Morgan fingerprint density at radius 1 is 1.18 bits per heavy atom. The van der Waals surface area contributed by atoms with Crippen LogP contribution in [0.4, 0.5) is 19.3 Å². The van der Waals surface area contributed by atoms with Crippen LogP contribution in [0, 0.1) is 11.6 Å². The maximum atomic E-state index is 13.6. The molecule has 3 aromatic rings. The minimum atomic E-state index is -0.593. The van der Waals surface area contributed by atoms with Crippen molar-refractivity contribution in [2.45, 2.75) is 12.6 Å². The minimum Gasteiger partial charge on any atom is -0.373 e. The average molecular weight is 406 g/mol. The van der Waals surface area contributed by atoms with E-state index in [-0.39, 0.29) is 23.6 Å². The predicted octanol–water partition coefficient (Wildman–Crippen LogP) is 3.85. The average Bonchev–Trinajstić information content (AvgIpc) is 2.65. The summed E-state index contributed by atoms with van der Waals surface area (Å²) in [6.07, 6.45) is 0. The first-order valence-corrected chi connectivity index (χ1v) is 8.75. The predicted molar refractivity (Wildman–Crippen MR) is 100 cm³/mol. The molecule has 0 radical (unpaired) electrons. The maximum Gasteiger partial charge on any atom is 0.319 e. The quantitative estimate of drug-likeness (QED) is 0.605. The number of benzene rings is 2. The van der Waals surface area contributed by atoms with Gasteiger partial charge in [0.05, 0.1) is 29.7 Å². The maximum absolute atomic E-state index is 13.6. The summed E-state index contributed by atoms with van der Waals surface area (Å²) in [5.41, 5.74) is 1.07. The Kier molecular flexibility index (Phi) is 4.74. The number of nitrogens with one attached hydrogen (secondary N) is 3. The van der Waals surface area contributed by atoms with E-state index in [2.05, 4.69) is 15.6 Å². The van der Waals surface area contributed by atoms with Gasteiger partial charge in [0.1, 0.15) is 11.6 Å². The van der Waals surface area contributed by atoms with E-state index in [1.54, 1.807) is 0 Å². The number of halogens is 3. The Labute approximate surface area is 162 Å². The molecule has 0 saturated carbocycles. The molecule has 9 heteroatoms. The largest absolute Gasteiger partial charge is 0.373 e. The van der Waals surface area contributed by atoms with E-state index in [9.17, 15) is 18.4 Å². The molecule has 1 aliphatic rings. The molecule has 1 aliphatic heterocycles. The lowest BCUT2D eigenvalue weighted by molar-refractivity contribution is 0.0826. The van der Waals surface area contributed by atoms with Crippen LogP contribution in [0.1, 0.15) is 17.3 Å². The highest BCUT2D eigenvalue weighted by Crippen LogP contribution is 2.30. The third kappa shape index (κ3) is 3.44. The number of aromatic nitrogens is 1. The van der Waals surface area contributed by atoms with Crippen molar-refractivity contribution in [2.24, 2.45) is 0 Å². The van der Waals surface area contributed by atoms with Crippen molar-refractivity contribution in [3.8, 4) is 0 Å². The normalized spacial score (nSPS) is 15.9. The molecule has 2 aromatic carbocycles. The van der Waals surface area contributed by atoms with E-state index in [1.807, 2.05) is 0 Å².